The third kappa shape index (κ3) is 5.61. The summed E-state index contributed by atoms with van der Waals surface area (Å²) in [6.07, 6.45) is 0.802. The van der Waals surface area contributed by atoms with Crippen molar-refractivity contribution < 1.29 is 9.00 Å². The van der Waals surface area contributed by atoms with Crippen molar-refractivity contribution in [2.75, 3.05) is 6.54 Å². The number of carbonyl (C=O) groups is 1. The number of hydrogen-bond acceptors (Lipinski definition) is 2. The number of hydrogen-bond donors (Lipinski definition) is 0. The second-order valence-corrected chi connectivity index (χ2v) is 9.93. The third-order valence-electron chi connectivity index (χ3n) is 3.84. The smallest absolute Gasteiger partial charge is 0.219 e. The normalized spacial score (nSPS) is 15.8. The third-order valence-corrected chi connectivity index (χ3v) is 6.18. The number of carbonyl (C=O) groups excluding carboxylic acids is 1. The lowest BCUT2D eigenvalue weighted by molar-refractivity contribution is -0.131. The van der Waals surface area contributed by atoms with Crippen LogP contribution in [0.4, 0.5) is 0 Å². The van der Waals surface area contributed by atoms with E-state index >= 15 is 0 Å². The molecule has 1 aromatic rings. The van der Waals surface area contributed by atoms with E-state index in [9.17, 15) is 9.00 Å². The van der Waals surface area contributed by atoms with Crippen molar-refractivity contribution in [1.82, 2.24) is 4.90 Å². The lowest BCUT2D eigenvalue weighted by atomic mass is 10.0. The molecular weight excluding hydrogens is 330 g/mol. The van der Waals surface area contributed by atoms with Crippen LogP contribution in [0.5, 0.6) is 0 Å². The van der Waals surface area contributed by atoms with E-state index in [1.165, 1.54) is 0 Å². The minimum absolute atomic E-state index is 0.00422. The minimum atomic E-state index is -1.01. The van der Waals surface area contributed by atoms with Crippen LogP contribution in [-0.4, -0.2) is 31.6 Å². The first kappa shape index (κ1) is 20.2. The molecule has 0 saturated carbocycles. The van der Waals surface area contributed by atoms with Gasteiger partial charge in [0.15, 0.2) is 0 Å². The highest BCUT2D eigenvalue weighted by Gasteiger charge is 2.29. The van der Waals surface area contributed by atoms with E-state index < -0.39 is 10.8 Å². The molecule has 0 aliphatic heterocycles. The van der Waals surface area contributed by atoms with Crippen molar-refractivity contribution in [3.05, 3.63) is 34.9 Å². The van der Waals surface area contributed by atoms with Crippen LogP contribution in [0.2, 0.25) is 5.02 Å². The quantitative estimate of drug-likeness (QED) is 0.747. The van der Waals surface area contributed by atoms with Crippen LogP contribution in [-0.2, 0) is 15.6 Å². The minimum Gasteiger partial charge on any atom is -0.335 e. The zero-order chi connectivity index (χ0) is 17.8. The Morgan fingerprint density at radius 1 is 1.26 bits per heavy atom. The van der Waals surface area contributed by atoms with Gasteiger partial charge in [-0.3, -0.25) is 9.00 Å². The molecule has 0 aromatic heterocycles. The van der Waals surface area contributed by atoms with Crippen LogP contribution in [0.15, 0.2) is 24.3 Å². The van der Waals surface area contributed by atoms with Crippen molar-refractivity contribution in [2.24, 2.45) is 0 Å². The SMILES string of the molecule is CCC(c1ccc(Cl)cc1)N(CC(C)S(=O)C(C)(C)C)C(C)=O. The van der Waals surface area contributed by atoms with Gasteiger partial charge in [-0.15, -0.1) is 0 Å². The largest absolute Gasteiger partial charge is 0.335 e. The topological polar surface area (TPSA) is 37.4 Å². The lowest BCUT2D eigenvalue weighted by Gasteiger charge is -2.34. The summed E-state index contributed by atoms with van der Waals surface area (Å²) in [6.45, 7) is 12.0. The Hall–Kier alpha value is -0.870. The first-order valence-electron chi connectivity index (χ1n) is 8.01. The summed E-state index contributed by atoms with van der Waals surface area (Å²) < 4.78 is 12.3. The van der Waals surface area contributed by atoms with E-state index in [1.807, 2.05) is 56.9 Å². The predicted octanol–water partition coefficient (Wildman–Crippen LogP) is 4.58. The van der Waals surface area contributed by atoms with Gasteiger partial charge in [-0.05, 0) is 51.8 Å². The Morgan fingerprint density at radius 3 is 2.17 bits per heavy atom. The van der Waals surface area contributed by atoms with Gasteiger partial charge in [0.1, 0.15) is 0 Å². The van der Waals surface area contributed by atoms with Crippen molar-refractivity contribution >= 4 is 28.3 Å². The van der Waals surface area contributed by atoms with E-state index in [0.717, 1.165) is 12.0 Å². The Bertz CT molecular complexity index is 551. The van der Waals surface area contributed by atoms with Crippen LogP contribution in [0, 0.1) is 0 Å². The Morgan fingerprint density at radius 2 is 1.78 bits per heavy atom. The molecule has 23 heavy (non-hydrogen) atoms. The summed E-state index contributed by atoms with van der Waals surface area (Å²) in [6, 6.07) is 7.57. The molecule has 0 radical (unpaired) electrons. The number of nitrogens with zero attached hydrogens (tertiary/aromatic N) is 1. The Balaban J connectivity index is 3.02. The fraction of sp³-hybridized carbons (Fsp3) is 0.611. The van der Waals surface area contributed by atoms with Crippen molar-refractivity contribution in [1.29, 1.82) is 0 Å². The fourth-order valence-corrected chi connectivity index (χ4v) is 4.37. The summed E-state index contributed by atoms with van der Waals surface area (Å²) in [5.74, 6) is 0.00422. The highest BCUT2D eigenvalue weighted by atomic mass is 35.5. The maximum absolute atomic E-state index is 12.6. The van der Waals surface area contributed by atoms with Gasteiger partial charge in [0.2, 0.25) is 5.91 Å². The van der Waals surface area contributed by atoms with Crippen molar-refractivity contribution in [3.8, 4) is 0 Å². The summed E-state index contributed by atoms with van der Waals surface area (Å²) in [5.41, 5.74) is 1.06. The highest BCUT2D eigenvalue weighted by Crippen LogP contribution is 2.27. The maximum atomic E-state index is 12.6. The molecule has 0 N–H and O–H groups in total. The summed E-state index contributed by atoms with van der Waals surface area (Å²) in [4.78, 5) is 14.0. The van der Waals surface area contributed by atoms with Crippen molar-refractivity contribution in [2.45, 2.75) is 64.0 Å². The molecule has 1 amide bonds. The van der Waals surface area contributed by atoms with Gasteiger partial charge in [0.05, 0.1) is 11.3 Å². The number of benzene rings is 1. The van der Waals surface area contributed by atoms with Gasteiger partial charge in [0.25, 0.3) is 0 Å². The molecule has 0 aliphatic carbocycles. The van der Waals surface area contributed by atoms with E-state index in [1.54, 1.807) is 6.92 Å². The molecular formula is C18H28ClNO2S. The van der Waals surface area contributed by atoms with Crippen LogP contribution >= 0.6 is 11.6 Å². The van der Waals surface area contributed by atoms with Gasteiger partial charge < -0.3 is 4.90 Å². The summed E-state index contributed by atoms with van der Waals surface area (Å²) in [7, 11) is -1.01. The van der Waals surface area contributed by atoms with Crippen LogP contribution in [0.1, 0.15) is 59.6 Å². The molecule has 3 unspecified atom stereocenters. The molecule has 130 valence electrons. The second-order valence-electron chi connectivity index (χ2n) is 6.87. The first-order chi connectivity index (χ1) is 10.6. The predicted molar refractivity (Wildman–Crippen MR) is 99.2 cm³/mol. The van der Waals surface area contributed by atoms with E-state index in [4.69, 9.17) is 11.6 Å². The molecule has 5 heteroatoms. The molecule has 0 aliphatic rings. The molecule has 1 rings (SSSR count). The Labute approximate surface area is 147 Å². The van der Waals surface area contributed by atoms with Gasteiger partial charge in [-0.1, -0.05) is 30.7 Å². The molecule has 0 saturated heterocycles. The second kappa shape index (κ2) is 8.29. The summed E-state index contributed by atoms with van der Waals surface area (Å²) in [5, 5.41) is 0.598. The Kier molecular flexibility index (Phi) is 7.28. The molecule has 3 atom stereocenters. The molecule has 1 aromatic carbocycles. The average molecular weight is 358 g/mol. The number of rotatable bonds is 6. The van der Waals surface area contributed by atoms with Gasteiger partial charge in [0, 0.05) is 34.0 Å². The molecule has 0 fully saturated rings. The molecule has 3 nitrogen and oxygen atoms in total. The van der Waals surface area contributed by atoms with Crippen LogP contribution in [0.25, 0.3) is 0 Å². The van der Waals surface area contributed by atoms with E-state index in [2.05, 4.69) is 6.92 Å². The van der Waals surface area contributed by atoms with Crippen LogP contribution < -0.4 is 0 Å². The summed E-state index contributed by atoms with van der Waals surface area (Å²) >= 11 is 5.96. The van der Waals surface area contributed by atoms with Crippen molar-refractivity contribution in [3.63, 3.8) is 0 Å². The maximum Gasteiger partial charge on any atom is 0.219 e. The zero-order valence-electron chi connectivity index (χ0n) is 14.9. The van der Waals surface area contributed by atoms with Gasteiger partial charge in [-0.2, -0.15) is 0 Å². The average Bonchev–Trinajstić information content (AvgIpc) is 2.46. The first-order valence-corrected chi connectivity index (χ1v) is 9.60. The number of amides is 1. The fourth-order valence-electron chi connectivity index (χ4n) is 2.74. The monoisotopic (exact) mass is 357 g/mol. The highest BCUT2D eigenvalue weighted by molar-refractivity contribution is 7.87. The zero-order valence-corrected chi connectivity index (χ0v) is 16.5. The van der Waals surface area contributed by atoms with Gasteiger partial charge in [-0.25, -0.2) is 0 Å². The van der Waals surface area contributed by atoms with E-state index in [0.29, 0.717) is 11.6 Å². The molecule has 0 bridgehead atoms. The lowest BCUT2D eigenvalue weighted by Crippen LogP contribution is -2.42. The van der Waals surface area contributed by atoms with Crippen LogP contribution in [0.3, 0.4) is 0 Å². The number of halogens is 1. The molecule has 0 spiro atoms. The van der Waals surface area contributed by atoms with E-state index in [-0.39, 0.29) is 21.9 Å². The standard InChI is InChI=1S/C18H28ClNO2S/c1-7-17(15-8-10-16(19)11-9-15)20(14(3)21)12-13(2)23(22)18(4,5)6/h8-11,13,17H,7,12H2,1-6H3. The van der Waals surface area contributed by atoms with Gasteiger partial charge >= 0.3 is 0 Å². The molecule has 0 heterocycles.